The molecule has 1 aromatic carbocycles. The fourth-order valence-corrected chi connectivity index (χ4v) is 2.72. The van der Waals surface area contributed by atoms with E-state index in [1.165, 1.54) is 12.4 Å². The summed E-state index contributed by atoms with van der Waals surface area (Å²) in [5.74, 6) is -6.62. The highest BCUT2D eigenvalue weighted by atomic mass is 19.2. The van der Waals surface area contributed by atoms with Crippen LogP contribution in [-0.2, 0) is 13.6 Å². The summed E-state index contributed by atoms with van der Waals surface area (Å²) in [5.41, 5.74) is 1.22. The molecule has 0 aliphatic rings. The minimum Gasteiger partial charge on any atom is -0.319 e. The van der Waals surface area contributed by atoms with Crippen molar-refractivity contribution in [2.75, 3.05) is 5.32 Å². The molecule has 142 valence electrons. The van der Waals surface area contributed by atoms with Gasteiger partial charge in [-0.15, -0.1) is 0 Å². The second kappa shape index (κ2) is 6.86. The van der Waals surface area contributed by atoms with Gasteiger partial charge in [-0.25, -0.2) is 17.6 Å². The van der Waals surface area contributed by atoms with Crippen LogP contribution in [0.5, 0.6) is 0 Å². The normalized spacial score (nSPS) is 11.1. The number of halogens is 4. The third-order valence-electron chi connectivity index (χ3n) is 4.16. The fourth-order valence-electron chi connectivity index (χ4n) is 2.72. The van der Waals surface area contributed by atoms with E-state index in [1.807, 2.05) is 0 Å². The molecule has 0 unspecified atom stereocenters. The van der Waals surface area contributed by atoms with Crippen LogP contribution in [0.25, 0.3) is 0 Å². The van der Waals surface area contributed by atoms with Crippen LogP contribution in [0.1, 0.15) is 27.3 Å². The van der Waals surface area contributed by atoms with Crippen molar-refractivity contribution in [3.8, 4) is 0 Å². The van der Waals surface area contributed by atoms with E-state index in [4.69, 9.17) is 0 Å². The van der Waals surface area contributed by atoms with E-state index in [9.17, 15) is 22.4 Å². The number of benzene rings is 1. The van der Waals surface area contributed by atoms with Gasteiger partial charge in [-0.1, -0.05) is 0 Å². The number of carbonyl (C=O) groups excluding carboxylic acids is 1. The maximum absolute atomic E-state index is 13.8. The molecular formula is C17H15F4N5O. The number of aromatic nitrogens is 4. The lowest BCUT2D eigenvalue weighted by atomic mass is 10.2. The first-order valence-corrected chi connectivity index (χ1v) is 7.85. The van der Waals surface area contributed by atoms with Gasteiger partial charge in [0.15, 0.2) is 17.5 Å². The molecule has 0 aliphatic carbocycles. The van der Waals surface area contributed by atoms with Gasteiger partial charge in [0.1, 0.15) is 5.82 Å². The predicted molar refractivity (Wildman–Crippen MR) is 88.2 cm³/mol. The monoisotopic (exact) mass is 381 g/mol. The third kappa shape index (κ3) is 3.42. The van der Waals surface area contributed by atoms with Gasteiger partial charge >= 0.3 is 0 Å². The van der Waals surface area contributed by atoms with Crippen molar-refractivity contribution in [2.45, 2.75) is 20.4 Å². The quantitative estimate of drug-likeness (QED) is 0.429. The van der Waals surface area contributed by atoms with Gasteiger partial charge in [0.05, 0.1) is 29.7 Å². The van der Waals surface area contributed by atoms with Gasteiger partial charge in [0.2, 0.25) is 0 Å². The molecule has 0 saturated heterocycles. The summed E-state index contributed by atoms with van der Waals surface area (Å²) in [4.78, 5) is 12.4. The van der Waals surface area contributed by atoms with Crippen molar-refractivity contribution in [3.63, 3.8) is 0 Å². The Morgan fingerprint density at radius 3 is 2.48 bits per heavy atom. The van der Waals surface area contributed by atoms with E-state index in [2.05, 4.69) is 15.5 Å². The Balaban J connectivity index is 1.80. The summed E-state index contributed by atoms with van der Waals surface area (Å²) in [6, 6.07) is 0.272. The van der Waals surface area contributed by atoms with E-state index in [-0.39, 0.29) is 11.8 Å². The standard InChI is InChI=1S/C17H15F4N5O/c1-8-14(9(2)25(3)24-8)17(27)23-10-5-22-26(6-10)7-11-12(18)4-13(19)16(21)15(11)20/h4-6H,7H2,1-3H3,(H,23,27). The zero-order chi connectivity index (χ0) is 19.9. The van der Waals surface area contributed by atoms with Crippen molar-refractivity contribution in [1.82, 2.24) is 19.6 Å². The second-order valence-corrected chi connectivity index (χ2v) is 6.00. The number of hydrogen-bond donors (Lipinski definition) is 1. The highest BCUT2D eigenvalue weighted by Crippen LogP contribution is 2.21. The van der Waals surface area contributed by atoms with Gasteiger partial charge in [-0.3, -0.25) is 14.2 Å². The van der Waals surface area contributed by atoms with Crippen molar-refractivity contribution >= 4 is 11.6 Å². The van der Waals surface area contributed by atoms with Crippen LogP contribution in [0, 0.1) is 37.1 Å². The number of hydrogen-bond acceptors (Lipinski definition) is 3. The molecule has 3 rings (SSSR count). The number of carbonyl (C=O) groups is 1. The summed E-state index contributed by atoms with van der Waals surface area (Å²) < 4.78 is 56.5. The van der Waals surface area contributed by atoms with Gasteiger partial charge < -0.3 is 5.32 Å². The molecule has 10 heteroatoms. The molecule has 0 aliphatic heterocycles. The number of anilines is 1. The van der Waals surface area contributed by atoms with Crippen LogP contribution in [0.2, 0.25) is 0 Å². The fraction of sp³-hybridized carbons (Fsp3) is 0.235. The Morgan fingerprint density at radius 2 is 1.85 bits per heavy atom. The molecule has 0 saturated carbocycles. The molecule has 1 N–H and O–H groups in total. The highest BCUT2D eigenvalue weighted by molar-refractivity contribution is 6.05. The van der Waals surface area contributed by atoms with Gasteiger partial charge in [0, 0.05) is 30.6 Å². The molecule has 0 spiro atoms. The Labute approximate surface area is 151 Å². The highest BCUT2D eigenvalue weighted by Gasteiger charge is 2.20. The Morgan fingerprint density at radius 1 is 1.15 bits per heavy atom. The average Bonchev–Trinajstić information content (AvgIpc) is 3.13. The van der Waals surface area contributed by atoms with E-state index in [0.29, 0.717) is 17.0 Å². The van der Waals surface area contributed by atoms with Crippen molar-refractivity contribution < 1.29 is 22.4 Å². The first-order valence-electron chi connectivity index (χ1n) is 7.85. The van der Waals surface area contributed by atoms with E-state index < -0.39 is 41.3 Å². The third-order valence-corrected chi connectivity index (χ3v) is 4.16. The predicted octanol–water partition coefficient (Wildman–Crippen LogP) is 3.09. The maximum atomic E-state index is 13.8. The lowest BCUT2D eigenvalue weighted by Gasteiger charge is -2.07. The number of rotatable bonds is 4. The van der Waals surface area contributed by atoms with E-state index in [0.717, 1.165) is 4.68 Å². The minimum atomic E-state index is -1.75. The Hall–Kier alpha value is -3.17. The summed E-state index contributed by atoms with van der Waals surface area (Å²) in [5, 5.41) is 10.6. The van der Waals surface area contributed by atoms with Crippen molar-refractivity contribution in [3.05, 3.63) is 64.2 Å². The second-order valence-electron chi connectivity index (χ2n) is 6.00. The summed E-state index contributed by atoms with van der Waals surface area (Å²) in [6.07, 6.45) is 2.59. The van der Waals surface area contributed by atoms with Crippen LogP contribution in [0.3, 0.4) is 0 Å². The van der Waals surface area contributed by atoms with Crippen LogP contribution < -0.4 is 5.32 Å². The Kier molecular flexibility index (Phi) is 4.73. The Bertz CT molecular complexity index is 1040. The van der Waals surface area contributed by atoms with Crippen molar-refractivity contribution in [2.24, 2.45) is 7.05 Å². The molecular weight excluding hydrogens is 366 g/mol. The molecule has 0 bridgehead atoms. The van der Waals surface area contributed by atoms with Crippen molar-refractivity contribution in [1.29, 1.82) is 0 Å². The molecule has 1 amide bonds. The molecule has 27 heavy (non-hydrogen) atoms. The van der Waals surface area contributed by atoms with Crippen LogP contribution >= 0.6 is 0 Å². The van der Waals surface area contributed by atoms with Crippen LogP contribution in [0.4, 0.5) is 23.2 Å². The molecule has 2 heterocycles. The number of aryl methyl sites for hydroxylation is 2. The van der Waals surface area contributed by atoms with Gasteiger partial charge in [-0.2, -0.15) is 10.2 Å². The smallest absolute Gasteiger partial charge is 0.259 e. The summed E-state index contributed by atoms with van der Waals surface area (Å²) in [6.45, 7) is 2.96. The van der Waals surface area contributed by atoms with Gasteiger partial charge in [0.25, 0.3) is 5.91 Å². The SMILES string of the molecule is Cc1nn(C)c(C)c1C(=O)Nc1cnn(Cc2c(F)cc(F)c(F)c2F)c1. The first-order chi connectivity index (χ1) is 12.7. The molecule has 3 aromatic rings. The molecule has 6 nitrogen and oxygen atoms in total. The molecule has 0 atom stereocenters. The van der Waals surface area contributed by atoms with Crippen LogP contribution in [-0.4, -0.2) is 25.5 Å². The minimum absolute atomic E-state index is 0.269. The van der Waals surface area contributed by atoms with Crippen LogP contribution in [0.15, 0.2) is 18.5 Å². The van der Waals surface area contributed by atoms with E-state index in [1.54, 1.807) is 25.6 Å². The topological polar surface area (TPSA) is 64.7 Å². The summed E-state index contributed by atoms with van der Waals surface area (Å²) in [7, 11) is 1.71. The zero-order valence-electron chi connectivity index (χ0n) is 14.6. The average molecular weight is 381 g/mol. The zero-order valence-corrected chi connectivity index (χ0v) is 14.6. The number of nitrogens with zero attached hydrogens (tertiary/aromatic N) is 4. The molecule has 0 radical (unpaired) electrons. The number of nitrogens with one attached hydrogen (secondary N) is 1. The van der Waals surface area contributed by atoms with E-state index >= 15 is 0 Å². The summed E-state index contributed by atoms with van der Waals surface area (Å²) >= 11 is 0. The lowest BCUT2D eigenvalue weighted by Crippen LogP contribution is -2.13. The maximum Gasteiger partial charge on any atom is 0.259 e. The number of amides is 1. The molecule has 0 fully saturated rings. The lowest BCUT2D eigenvalue weighted by molar-refractivity contribution is 0.102. The first kappa shape index (κ1) is 18.6. The molecule has 2 aromatic heterocycles. The van der Waals surface area contributed by atoms with Gasteiger partial charge in [-0.05, 0) is 13.8 Å². The largest absolute Gasteiger partial charge is 0.319 e.